The molecule has 0 heterocycles. The zero-order valence-electron chi connectivity index (χ0n) is 13.2. The van der Waals surface area contributed by atoms with Crippen LogP contribution in [0.2, 0.25) is 18.1 Å². The van der Waals surface area contributed by atoms with Gasteiger partial charge < -0.3 is 4.43 Å². The smallest absolute Gasteiger partial charge is 0.446 e. The van der Waals surface area contributed by atoms with Crippen LogP contribution in [0.4, 0.5) is 17.6 Å². The summed E-state index contributed by atoms with van der Waals surface area (Å²) in [5, 5.41) is -0.269. The van der Waals surface area contributed by atoms with Crippen LogP contribution in [0.5, 0.6) is 0 Å². The first-order chi connectivity index (χ1) is 8.83. The second-order valence-corrected chi connectivity index (χ2v) is 11.3. The molecule has 0 atom stereocenters. The molecule has 0 saturated carbocycles. The highest BCUT2D eigenvalue weighted by Gasteiger charge is 2.43. The molecule has 0 saturated heterocycles. The zero-order chi connectivity index (χ0) is 16.2. The van der Waals surface area contributed by atoms with Gasteiger partial charge in [-0.05, 0) is 24.6 Å². The number of rotatable bonds is 6. The van der Waals surface area contributed by atoms with E-state index < -0.39 is 26.1 Å². The third-order valence-electron chi connectivity index (χ3n) is 3.69. The molecular formula is C14H26F4OSi. The fraction of sp³-hybridized carbons (Fsp3) is 0.857. The molecule has 0 rings (SSSR count). The average molecular weight is 314 g/mol. The van der Waals surface area contributed by atoms with Crippen LogP contribution in [0.3, 0.4) is 0 Å². The van der Waals surface area contributed by atoms with Gasteiger partial charge in [0.1, 0.15) is 5.76 Å². The summed E-state index contributed by atoms with van der Waals surface area (Å²) < 4.78 is 56.9. The van der Waals surface area contributed by atoms with Gasteiger partial charge in [0.15, 0.2) is 0 Å². The lowest BCUT2D eigenvalue weighted by Gasteiger charge is -2.37. The minimum Gasteiger partial charge on any atom is -0.544 e. The fourth-order valence-electron chi connectivity index (χ4n) is 1.36. The van der Waals surface area contributed by atoms with Gasteiger partial charge in [0.25, 0.3) is 0 Å². The van der Waals surface area contributed by atoms with Crippen LogP contribution >= 0.6 is 0 Å². The summed E-state index contributed by atoms with van der Waals surface area (Å²) in [6.07, 6.45) is -2.84. The van der Waals surface area contributed by atoms with Gasteiger partial charge in [0.2, 0.25) is 14.1 Å². The summed E-state index contributed by atoms with van der Waals surface area (Å²) in [6, 6.07) is 0. The molecule has 0 aliphatic rings. The Bertz CT molecular complexity index is 340. The lowest BCUT2D eigenvalue weighted by molar-refractivity contribution is -0.112. The Morgan fingerprint density at radius 2 is 1.55 bits per heavy atom. The highest BCUT2D eigenvalue weighted by molar-refractivity contribution is 6.74. The Balaban J connectivity index is 5.26. The molecule has 6 heteroatoms. The Morgan fingerprint density at radius 1 is 1.05 bits per heavy atom. The second-order valence-electron chi connectivity index (χ2n) is 6.55. The van der Waals surface area contributed by atoms with Gasteiger partial charge in [-0.1, -0.05) is 40.5 Å². The van der Waals surface area contributed by atoms with Crippen molar-refractivity contribution in [3.63, 3.8) is 0 Å². The first-order valence-corrected chi connectivity index (χ1v) is 9.88. The van der Waals surface area contributed by atoms with E-state index in [9.17, 15) is 17.6 Å². The highest BCUT2D eigenvalue weighted by atomic mass is 28.4. The molecule has 0 aromatic rings. The molecule has 0 aliphatic heterocycles. The molecule has 0 bridgehead atoms. The first kappa shape index (κ1) is 19.5. The molecular weight excluding hydrogens is 288 g/mol. The van der Waals surface area contributed by atoms with Gasteiger partial charge in [-0.2, -0.15) is 17.6 Å². The highest BCUT2D eigenvalue weighted by Crippen LogP contribution is 2.41. The Morgan fingerprint density at radius 3 is 1.90 bits per heavy atom. The molecule has 120 valence electrons. The Kier molecular flexibility index (Phi) is 6.78. The lowest BCUT2D eigenvalue weighted by atomic mass is 10.2. The summed E-state index contributed by atoms with van der Waals surface area (Å²) in [4.78, 5) is 0. The average Bonchev–Trinajstić information content (AvgIpc) is 2.24. The fourth-order valence-corrected chi connectivity index (χ4v) is 2.47. The quantitative estimate of drug-likeness (QED) is 0.241. The summed E-state index contributed by atoms with van der Waals surface area (Å²) in [6.45, 7) is 11.3. The third kappa shape index (κ3) is 5.85. The van der Waals surface area contributed by atoms with Gasteiger partial charge in [-0.3, -0.25) is 0 Å². The molecule has 0 spiro atoms. The summed E-state index contributed by atoms with van der Waals surface area (Å²) in [5.74, 6) is -2.59. The van der Waals surface area contributed by atoms with Crippen molar-refractivity contribution in [2.75, 3.05) is 0 Å². The van der Waals surface area contributed by atoms with E-state index in [0.29, 0.717) is 6.42 Å². The van der Waals surface area contributed by atoms with Crippen molar-refractivity contribution >= 4 is 8.32 Å². The second kappa shape index (κ2) is 6.96. The van der Waals surface area contributed by atoms with Crippen LogP contribution in [-0.2, 0) is 4.43 Å². The molecule has 0 fully saturated rings. The Labute approximate surface area is 120 Å². The van der Waals surface area contributed by atoms with E-state index in [0.717, 1.165) is 12.8 Å². The van der Waals surface area contributed by atoms with Crippen LogP contribution < -0.4 is 0 Å². The third-order valence-corrected chi connectivity index (χ3v) is 8.05. The lowest BCUT2D eigenvalue weighted by Crippen LogP contribution is -2.41. The standard InChI is InChI=1S/C14H26F4OSi/c1-7-8-9-10-11(12(15)14(16,17)18)19-20(5,6)13(2,3)4/h7-10H2,1-6H3/b12-11+. The predicted octanol–water partition coefficient (Wildman–Crippen LogP) is 6.33. The van der Waals surface area contributed by atoms with Gasteiger partial charge in [-0.15, -0.1) is 0 Å². The molecule has 0 aromatic heterocycles. The molecule has 1 nitrogen and oxygen atoms in total. The van der Waals surface area contributed by atoms with Crippen LogP contribution in [0.1, 0.15) is 53.4 Å². The van der Waals surface area contributed by atoms with Crippen LogP contribution in [0, 0.1) is 0 Å². The van der Waals surface area contributed by atoms with E-state index in [1.807, 2.05) is 40.8 Å². The van der Waals surface area contributed by atoms with Crippen molar-refractivity contribution in [1.82, 2.24) is 0 Å². The molecule has 0 aliphatic carbocycles. The van der Waals surface area contributed by atoms with Crippen molar-refractivity contribution < 1.29 is 22.0 Å². The van der Waals surface area contributed by atoms with Crippen molar-refractivity contribution in [2.45, 2.75) is 77.7 Å². The summed E-state index contributed by atoms with van der Waals surface area (Å²) in [7, 11) is -2.47. The van der Waals surface area contributed by atoms with E-state index in [4.69, 9.17) is 4.43 Å². The van der Waals surface area contributed by atoms with Gasteiger partial charge in [-0.25, -0.2) is 0 Å². The van der Waals surface area contributed by atoms with E-state index in [1.165, 1.54) is 0 Å². The number of allylic oxidation sites excluding steroid dienone is 2. The van der Waals surface area contributed by atoms with Crippen LogP contribution in [0.15, 0.2) is 11.6 Å². The SMILES string of the molecule is CCCCC/C(O[Si](C)(C)C(C)(C)C)=C(\F)C(F)(F)F. The normalized spacial score (nSPS) is 15.1. The van der Waals surface area contributed by atoms with Crippen molar-refractivity contribution in [2.24, 2.45) is 0 Å². The molecule has 0 radical (unpaired) electrons. The molecule has 0 N–H and O–H groups in total. The topological polar surface area (TPSA) is 9.23 Å². The maximum atomic E-state index is 13.6. The number of hydrogen-bond acceptors (Lipinski definition) is 1. The number of hydrogen-bond donors (Lipinski definition) is 0. The van der Waals surface area contributed by atoms with E-state index in [-0.39, 0.29) is 11.5 Å². The minimum atomic E-state index is -4.97. The van der Waals surface area contributed by atoms with Crippen molar-refractivity contribution in [3.8, 4) is 0 Å². The summed E-state index contributed by atoms with van der Waals surface area (Å²) >= 11 is 0. The van der Waals surface area contributed by atoms with Gasteiger partial charge in [0.05, 0.1) is 0 Å². The number of alkyl halides is 3. The number of halogens is 4. The molecule has 0 unspecified atom stereocenters. The summed E-state index contributed by atoms with van der Waals surface area (Å²) in [5.41, 5.74) is 0. The Hall–Kier alpha value is -0.523. The molecule has 0 aromatic carbocycles. The number of unbranched alkanes of at least 4 members (excludes halogenated alkanes) is 2. The van der Waals surface area contributed by atoms with Gasteiger partial charge in [0, 0.05) is 6.42 Å². The van der Waals surface area contributed by atoms with Crippen LogP contribution in [0.25, 0.3) is 0 Å². The monoisotopic (exact) mass is 314 g/mol. The van der Waals surface area contributed by atoms with E-state index in [1.54, 1.807) is 0 Å². The molecule has 20 heavy (non-hydrogen) atoms. The van der Waals surface area contributed by atoms with Crippen LogP contribution in [-0.4, -0.2) is 14.5 Å². The van der Waals surface area contributed by atoms with Crippen molar-refractivity contribution in [3.05, 3.63) is 11.6 Å². The van der Waals surface area contributed by atoms with E-state index >= 15 is 0 Å². The predicted molar refractivity (Wildman–Crippen MR) is 76.6 cm³/mol. The maximum absolute atomic E-state index is 13.6. The zero-order valence-corrected chi connectivity index (χ0v) is 14.2. The maximum Gasteiger partial charge on any atom is 0.446 e. The first-order valence-electron chi connectivity index (χ1n) is 6.97. The van der Waals surface area contributed by atoms with Crippen molar-refractivity contribution in [1.29, 1.82) is 0 Å². The molecule has 0 amide bonds. The minimum absolute atomic E-state index is 0.00565. The van der Waals surface area contributed by atoms with Gasteiger partial charge >= 0.3 is 6.18 Å². The van der Waals surface area contributed by atoms with E-state index in [2.05, 4.69) is 0 Å². The largest absolute Gasteiger partial charge is 0.544 e.